The molecule has 0 aliphatic carbocycles. The van der Waals surface area contributed by atoms with Crippen LogP contribution in [-0.4, -0.2) is 9.78 Å². The number of nitrogens with one attached hydrogen (secondary N) is 1. The molecule has 1 N–H and O–H groups in total. The first-order chi connectivity index (χ1) is 9.81. The van der Waals surface area contributed by atoms with Crippen LogP contribution >= 0.6 is 11.6 Å². The first-order valence-electron chi connectivity index (χ1n) is 6.40. The molecule has 0 saturated heterocycles. The molecule has 0 aliphatic heterocycles. The van der Waals surface area contributed by atoms with Crippen LogP contribution in [0.4, 0.5) is 5.69 Å². The number of hydrogen-bond donors (Lipinski definition) is 1. The molecule has 20 heavy (non-hydrogen) atoms. The van der Waals surface area contributed by atoms with Crippen LogP contribution in [0.25, 0.3) is 5.69 Å². The lowest BCUT2D eigenvalue weighted by atomic mass is 10.2. The third-order valence-corrected chi connectivity index (χ3v) is 3.26. The summed E-state index contributed by atoms with van der Waals surface area (Å²) < 4.78 is 1.83. The van der Waals surface area contributed by atoms with Gasteiger partial charge in [0, 0.05) is 29.6 Å². The Morgan fingerprint density at radius 3 is 2.60 bits per heavy atom. The summed E-state index contributed by atoms with van der Waals surface area (Å²) in [6.07, 6.45) is 3.69. The fraction of sp³-hybridized carbons (Fsp3) is 0.0625. The van der Waals surface area contributed by atoms with Crippen LogP contribution in [0.3, 0.4) is 0 Å². The van der Waals surface area contributed by atoms with Gasteiger partial charge in [-0.05, 0) is 48.0 Å². The van der Waals surface area contributed by atoms with Gasteiger partial charge in [-0.25, -0.2) is 4.68 Å². The molecule has 0 aliphatic rings. The molecule has 100 valence electrons. The maximum Gasteiger partial charge on any atom is 0.0647 e. The van der Waals surface area contributed by atoms with Crippen molar-refractivity contribution in [3.05, 3.63) is 77.6 Å². The summed E-state index contributed by atoms with van der Waals surface area (Å²) in [5.41, 5.74) is 3.28. The molecule has 1 heterocycles. The second kappa shape index (κ2) is 5.80. The number of nitrogens with zero attached hydrogens (tertiary/aromatic N) is 2. The predicted octanol–water partition coefficient (Wildman–Crippen LogP) is 4.14. The Morgan fingerprint density at radius 1 is 1.05 bits per heavy atom. The van der Waals surface area contributed by atoms with E-state index in [1.165, 1.54) is 0 Å². The van der Waals surface area contributed by atoms with Crippen molar-refractivity contribution in [2.24, 2.45) is 0 Å². The van der Waals surface area contributed by atoms with Gasteiger partial charge >= 0.3 is 0 Å². The molecular weight excluding hydrogens is 270 g/mol. The molecule has 4 heteroatoms. The molecule has 0 spiro atoms. The second-order valence-electron chi connectivity index (χ2n) is 4.48. The van der Waals surface area contributed by atoms with Crippen LogP contribution in [0.15, 0.2) is 67.0 Å². The fourth-order valence-corrected chi connectivity index (χ4v) is 2.22. The van der Waals surface area contributed by atoms with Gasteiger partial charge in [0.25, 0.3) is 0 Å². The lowest BCUT2D eigenvalue weighted by molar-refractivity contribution is 0.880. The van der Waals surface area contributed by atoms with Crippen molar-refractivity contribution in [1.29, 1.82) is 0 Å². The van der Waals surface area contributed by atoms with Gasteiger partial charge < -0.3 is 5.32 Å². The van der Waals surface area contributed by atoms with Crippen LogP contribution in [0, 0.1) is 0 Å². The number of benzene rings is 2. The van der Waals surface area contributed by atoms with Gasteiger partial charge in [0.05, 0.1) is 5.69 Å². The zero-order chi connectivity index (χ0) is 13.8. The highest BCUT2D eigenvalue weighted by Crippen LogP contribution is 2.15. The summed E-state index contributed by atoms with van der Waals surface area (Å²) in [5, 5.41) is 8.34. The lowest BCUT2D eigenvalue weighted by Gasteiger charge is -2.08. The molecule has 0 radical (unpaired) electrons. The van der Waals surface area contributed by atoms with Crippen LogP contribution < -0.4 is 5.32 Å². The highest BCUT2D eigenvalue weighted by atomic mass is 35.5. The maximum absolute atomic E-state index is 5.97. The largest absolute Gasteiger partial charge is 0.381 e. The van der Waals surface area contributed by atoms with Crippen molar-refractivity contribution < 1.29 is 0 Å². The Balaban J connectivity index is 1.67. The first-order valence-corrected chi connectivity index (χ1v) is 6.77. The highest BCUT2D eigenvalue weighted by Gasteiger charge is 1.98. The zero-order valence-electron chi connectivity index (χ0n) is 10.8. The van der Waals surface area contributed by atoms with Gasteiger partial charge in [-0.15, -0.1) is 0 Å². The van der Waals surface area contributed by atoms with Gasteiger partial charge in [-0.2, -0.15) is 5.10 Å². The minimum atomic E-state index is 0.752. The number of rotatable bonds is 4. The molecule has 0 unspecified atom stereocenters. The van der Waals surface area contributed by atoms with E-state index in [-0.39, 0.29) is 0 Å². The quantitative estimate of drug-likeness (QED) is 0.780. The molecule has 0 amide bonds. The van der Waals surface area contributed by atoms with E-state index in [1.807, 2.05) is 59.4 Å². The Kier molecular flexibility index (Phi) is 3.70. The Hall–Kier alpha value is -2.26. The van der Waals surface area contributed by atoms with E-state index in [0.717, 1.165) is 28.5 Å². The van der Waals surface area contributed by atoms with E-state index in [0.29, 0.717) is 0 Å². The molecule has 0 bridgehead atoms. The lowest BCUT2D eigenvalue weighted by Crippen LogP contribution is -2.00. The summed E-state index contributed by atoms with van der Waals surface area (Å²) in [6.45, 7) is 0.752. The fourth-order valence-electron chi connectivity index (χ4n) is 2.00. The average Bonchev–Trinajstić information content (AvgIpc) is 3.00. The van der Waals surface area contributed by atoms with Crippen LogP contribution in [-0.2, 0) is 6.54 Å². The Labute approximate surface area is 122 Å². The first kappa shape index (κ1) is 12.8. The molecule has 0 atom stereocenters. The number of halogens is 1. The Morgan fingerprint density at radius 2 is 1.90 bits per heavy atom. The van der Waals surface area contributed by atoms with Gasteiger partial charge in [0.15, 0.2) is 0 Å². The van der Waals surface area contributed by atoms with Crippen molar-refractivity contribution >= 4 is 17.3 Å². The predicted molar refractivity (Wildman–Crippen MR) is 82.3 cm³/mol. The minimum absolute atomic E-state index is 0.752. The Bertz CT molecular complexity index is 675. The van der Waals surface area contributed by atoms with Crippen molar-refractivity contribution in [2.45, 2.75) is 6.54 Å². The van der Waals surface area contributed by atoms with Gasteiger partial charge in [0.2, 0.25) is 0 Å². The second-order valence-corrected chi connectivity index (χ2v) is 4.92. The van der Waals surface area contributed by atoms with Crippen LogP contribution in [0.2, 0.25) is 5.02 Å². The van der Waals surface area contributed by atoms with E-state index < -0.39 is 0 Å². The van der Waals surface area contributed by atoms with Crippen LogP contribution in [0.1, 0.15) is 5.56 Å². The van der Waals surface area contributed by atoms with E-state index in [4.69, 9.17) is 11.6 Å². The standard InChI is InChI=1S/C16H14ClN3/c17-14-4-1-3-13(11-14)12-18-15-5-7-16(8-6-15)20-10-2-9-19-20/h1-11,18H,12H2. The maximum atomic E-state index is 5.97. The number of anilines is 1. The van der Waals surface area contributed by atoms with Crippen molar-refractivity contribution in [3.63, 3.8) is 0 Å². The van der Waals surface area contributed by atoms with E-state index >= 15 is 0 Å². The van der Waals surface area contributed by atoms with E-state index in [1.54, 1.807) is 6.20 Å². The van der Waals surface area contributed by atoms with E-state index in [9.17, 15) is 0 Å². The smallest absolute Gasteiger partial charge is 0.0647 e. The van der Waals surface area contributed by atoms with E-state index in [2.05, 4.69) is 16.5 Å². The molecule has 3 rings (SSSR count). The van der Waals surface area contributed by atoms with Gasteiger partial charge in [-0.1, -0.05) is 23.7 Å². The third-order valence-electron chi connectivity index (χ3n) is 3.02. The van der Waals surface area contributed by atoms with Gasteiger partial charge in [-0.3, -0.25) is 0 Å². The summed E-state index contributed by atoms with van der Waals surface area (Å²) >= 11 is 5.97. The normalized spacial score (nSPS) is 10.4. The minimum Gasteiger partial charge on any atom is -0.381 e. The summed E-state index contributed by atoms with van der Waals surface area (Å²) in [6, 6.07) is 17.9. The molecular formula is C16H14ClN3. The number of aromatic nitrogens is 2. The summed E-state index contributed by atoms with van der Waals surface area (Å²) in [5.74, 6) is 0. The summed E-state index contributed by atoms with van der Waals surface area (Å²) in [7, 11) is 0. The topological polar surface area (TPSA) is 29.9 Å². The van der Waals surface area contributed by atoms with Crippen molar-refractivity contribution in [3.8, 4) is 5.69 Å². The highest BCUT2D eigenvalue weighted by molar-refractivity contribution is 6.30. The van der Waals surface area contributed by atoms with Crippen LogP contribution in [0.5, 0.6) is 0 Å². The molecule has 2 aromatic carbocycles. The molecule has 3 nitrogen and oxygen atoms in total. The monoisotopic (exact) mass is 283 g/mol. The molecule has 0 saturated carbocycles. The van der Waals surface area contributed by atoms with Crippen molar-refractivity contribution in [1.82, 2.24) is 9.78 Å². The third kappa shape index (κ3) is 3.00. The van der Waals surface area contributed by atoms with Crippen molar-refractivity contribution in [2.75, 3.05) is 5.32 Å². The molecule has 0 fully saturated rings. The average molecular weight is 284 g/mol. The molecule has 1 aromatic heterocycles. The SMILES string of the molecule is Clc1cccc(CNc2ccc(-n3cccn3)cc2)c1. The number of hydrogen-bond acceptors (Lipinski definition) is 2. The summed E-state index contributed by atoms with van der Waals surface area (Å²) in [4.78, 5) is 0. The zero-order valence-corrected chi connectivity index (χ0v) is 11.6. The molecule has 3 aromatic rings. The van der Waals surface area contributed by atoms with Gasteiger partial charge in [0.1, 0.15) is 0 Å².